The van der Waals surface area contributed by atoms with Crippen molar-refractivity contribution in [1.29, 1.82) is 0 Å². The molecule has 0 saturated heterocycles. The SMILES string of the molecule is O=C(NCc1ccc2ccccc2c1)c1cnn(-c2ccccc2)c1C1CC1. The molecule has 0 atom stereocenters. The highest BCUT2D eigenvalue weighted by molar-refractivity contribution is 5.95. The molecular weight excluding hydrogens is 346 g/mol. The first-order valence-corrected chi connectivity index (χ1v) is 9.69. The third-order valence-corrected chi connectivity index (χ3v) is 5.28. The number of nitrogens with one attached hydrogen (secondary N) is 1. The molecule has 1 saturated carbocycles. The molecule has 138 valence electrons. The monoisotopic (exact) mass is 367 g/mol. The van der Waals surface area contributed by atoms with E-state index in [1.54, 1.807) is 6.20 Å². The molecule has 0 unspecified atom stereocenters. The number of benzene rings is 3. The third kappa shape index (κ3) is 3.18. The summed E-state index contributed by atoms with van der Waals surface area (Å²) < 4.78 is 1.92. The summed E-state index contributed by atoms with van der Waals surface area (Å²) in [6.07, 6.45) is 3.93. The van der Waals surface area contributed by atoms with Gasteiger partial charge in [-0.2, -0.15) is 5.10 Å². The van der Waals surface area contributed by atoms with Gasteiger partial charge in [0.05, 0.1) is 23.1 Å². The second-order valence-corrected chi connectivity index (χ2v) is 7.33. The Morgan fingerprint density at radius 2 is 1.71 bits per heavy atom. The van der Waals surface area contributed by atoms with E-state index in [2.05, 4.69) is 40.7 Å². The lowest BCUT2D eigenvalue weighted by Gasteiger charge is -2.10. The van der Waals surface area contributed by atoms with Crippen molar-refractivity contribution >= 4 is 16.7 Å². The van der Waals surface area contributed by atoms with Crippen LogP contribution in [0.3, 0.4) is 0 Å². The van der Waals surface area contributed by atoms with Crippen LogP contribution in [0.1, 0.15) is 40.4 Å². The molecule has 5 rings (SSSR count). The lowest BCUT2D eigenvalue weighted by atomic mass is 10.1. The first kappa shape index (κ1) is 16.8. The normalized spacial score (nSPS) is 13.6. The maximum absolute atomic E-state index is 12.9. The van der Waals surface area contributed by atoms with Gasteiger partial charge >= 0.3 is 0 Å². The van der Waals surface area contributed by atoms with Crippen molar-refractivity contribution < 1.29 is 4.79 Å². The van der Waals surface area contributed by atoms with Gasteiger partial charge in [0.1, 0.15) is 0 Å². The molecule has 4 heteroatoms. The van der Waals surface area contributed by atoms with E-state index in [4.69, 9.17) is 0 Å². The van der Waals surface area contributed by atoms with Crippen molar-refractivity contribution in [3.8, 4) is 5.69 Å². The molecule has 1 aliphatic carbocycles. The number of nitrogens with zero attached hydrogens (tertiary/aromatic N) is 2. The highest BCUT2D eigenvalue weighted by atomic mass is 16.1. The van der Waals surface area contributed by atoms with Gasteiger partial charge in [0.25, 0.3) is 5.91 Å². The van der Waals surface area contributed by atoms with E-state index in [-0.39, 0.29) is 5.91 Å². The summed E-state index contributed by atoms with van der Waals surface area (Å²) in [5.74, 6) is 0.362. The Kier molecular flexibility index (Phi) is 4.17. The number of para-hydroxylation sites is 1. The molecule has 0 aliphatic heterocycles. The average Bonchev–Trinajstić information content (AvgIpc) is 3.50. The van der Waals surface area contributed by atoms with E-state index in [1.165, 1.54) is 10.8 Å². The summed E-state index contributed by atoms with van der Waals surface area (Å²) in [6, 6.07) is 24.6. The first-order valence-electron chi connectivity index (χ1n) is 9.69. The molecule has 0 bridgehead atoms. The molecular formula is C24H21N3O. The van der Waals surface area contributed by atoms with Gasteiger partial charge in [-0.3, -0.25) is 4.79 Å². The Labute approximate surface area is 163 Å². The molecule has 3 aromatic carbocycles. The Hall–Kier alpha value is -3.40. The smallest absolute Gasteiger partial charge is 0.255 e. The molecule has 1 aromatic heterocycles. The summed E-state index contributed by atoms with van der Waals surface area (Å²) in [7, 11) is 0. The molecule has 0 spiro atoms. The summed E-state index contributed by atoms with van der Waals surface area (Å²) in [6.45, 7) is 0.504. The van der Waals surface area contributed by atoms with E-state index in [1.807, 2.05) is 47.1 Å². The van der Waals surface area contributed by atoms with E-state index >= 15 is 0 Å². The third-order valence-electron chi connectivity index (χ3n) is 5.28. The number of fused-ring (bicyclic) bond motifs is 1. The molecule has 1 fully saturated rings. The Morgan fingerprint density at radius 1 is 0.964 bits per heavy atom. The van der Waals surface area contributed by atoms with Crippen LogP contribution >= 0.6 is 0 Å². The number of hydrogen-bond donors (Lipinski definition) is 1. The van der Waals surface area contributed by atoms with E-state index in [9.17, 15) is 4.79 Å². The summed E-state index contributed by atoms with van der Waals surface area (Å²) in [5.41, 5.74) is 3.81. The van der Waals surface area contributed by atoms with Crippen LogP contribution in [0, 0.1) is 0 Å². The standard InChI is InChI=1S/C24H21N3O/c28-24(25-15-17-10-11-18-6-4-5-7-20(18)14-17)22-16-26-27(23(22)19-12-13-19)21-8-2-1-3-9-21/h1-11,14,16,19H,12-13,15H2,(H,25,28). The summed E-state index contributed by atoms with van der Waals surface area (Å²) >= 11 is 0. The Morgan fingerprint density at radius 3 is 2.50 bits per heavy atom. The van der Waals surface area contributed by atoms with Crippen LogP contribution in [0.4, 0.5) is 0 Å². The molecule has 1 N–H and O–H groups in total. The number of carbonyl (C=O) groups is 1. The van der Waals surface area contributed by atoms with Crippen molar-refractivity contribution in [3.05, 3.63) is 95.8 Å². The first-order chi connectivity index (χ1) is 13.8. The van der Waals surface area contributed by atoms with Crippen LogP contribution in [0.25, 0.3) is 16.5 Å². The Balaban J connectivity index is 1.38. The van der Waals surface area contributed by atoms with Crippen molar-refractivity contribution in [3.63, 3.8) is 0 Å². The van der Waals surface area contributed by atoms with Gasteiger partial charge in [0.15, 0.2) is 0 Å². The fraction of sp³-hybridized carbons (Fsp3) is 0.167. The lowest BCUT2D eigenvalue weighted by Crippen LogP contribution is -2.23. The minimum Gasteiger partial charge on any atom is -0.348 e. The fourth-order valence-electron chi connectivity index (χ4n) is 3.68. The van der Waals surface area contributed by atoms with Gasteiger partial charge in [-0.05, 0) is 47.4 Å². The molecule has 1 aliphatic rings. The minimum absolute atomic E-state index is 0.0581. The van der Waals surface area contributed by atoms with Gasteiger partial charge < -0.3 is 5.32 Å². The largest absolute Gasteiger partial charge is 0.348 e. The second-order valence-electron chi connectivity index (χ2n) is 7.33. The topological polar surface area (TPSA) is 46.9 Å². The highest BCUT2D eigenvalue weighted by Crippen LogP contribution is 2.42. The van der Waals surface area contributed by atoms with Crippen molar-refractivity contribution in [1.82, 2.24) is 15.1 Å². The number of amides is 1. The average molecular weight is 367 g/mol. The number of hydrogen-bond acceptors (Lipinski definition) is 2. The maximum atomic E-state index is 12.9. The van der Waals surface area contributed by atoms with Crippen LogP contribution in [0.5, 0.6) is 0 Å². The van der Waals surface area contributed by atoms with Crippen molar-refractivity contribution in [2.45, 2.75) is 25.3 Å². The summed E-state index contributed by atoms with van der Waals surface area (Å²) in [4.78, 5) is 12.9. The van der Waals surface area contributed by atoms with Crippen LogP contribution in [-0.2, 0) is 6.54 Å². The van der Waals surface area contributed by atoms with Gasteiger partial charge in [0, 0.05) is 12.5 Å². The number of carbonyl (C=O) groups excluding carboxylic acids is 1. The molecule has 0 radical (unpaired) electrons. The van der Waals surface area contributed by atoms with Gasteiger partial charge in [-0.25, -0.2) is 4.68 Å². The molecule has 4 aromatic rings. The number of aromatic nitrogens is 2. The lowest BCUT2D eigenvalue weighted by molar-refractivity contribution is 0.0950. The Bertz CT molecular complexity index is 1140. The van der Waals surface area contributed by atoms with Crippen LogP contribution < -0.4 is 5.32 Å². The zero-order valence-electron chi connectivity index (χ0n) is 15.5. The maximum Gasteiger partial charge on any atom is 0.255 e. The minimum atomic E-state index is -0.0581. The van der Waals surface area contributed by atoms with Gasteiger partial charge in [0.2, 0.25) is 0 Å². The second kappa shape index (κ2) is 6.97. The molecule has 1 heterocycles. The van der Waals surface area contributed by atoms with Crippen molar-refractivity contribution in [2.75, 3.05) is 0 Å². The molecule has 1 amide bonds. The molecule has 28 heavy (non-hydrogen) atoms. The van der Waals surface area contributed by atoms with Gasteiger partial charge in [-0.15, -0.1) is 0 Å². The van der Waals surface area contributed by atoms with Crippen LogP contribution in [0.2, 0.25) is 0 Å². The predicted octanol–water partition coefficient (Wildman–Crippen LogP) is 4.83. The summed E-state index contributed by atoms with van der Waals surface area (Å²) in [5, 5.41) is 9.99. The van der Waals surface area contributed by atoms with E-state index in [0.717, 1.165) is 29.8 Å². The van der Waals surface area contributed by atoms with E-state index < -0.39 is 0 Å². The zero-order chi connectivity index (χ0) is 18.9. The fourth-order valence-corrected chi connectivity index (χ4v) is 3.68. The van der Waals surface area contributed by atoms with Crippen LogP contribution in [0.15, 0.2) is 79.0 Å². The van der Waals surface area contributed by atoms with Crippen molar-refractivity contribution in [2.24, 2.45) is 0 Å². The quantitative estimate of drug-likeness (QED) is 0.549. The highest BCUT2D eigenvalue weighted by Gasteiger charge is 2.32. The zero-order valence-corrected chi connectivity index (χ0v) is 15.5. The predicted molar refractivity (Wildman–Crippen MR) is 111 cm³/mol. The van der Waals surface area contributed by atoms with E-state index in [0.29, 0.717) is 18.0 Å². The number of rotatable bonds is 5. The van der Waals surface area contributed by atoms with Gasteiger partial charge in [-0.1, -0.05) is 54.6 Å². The van der Waals surface area contributed by atoms with Crippen LogP contribution in [-0.4, -0.2) is 15.7 Å². The molecule has 4 nitrogen and oxygen atoms in total.